The molecule has 0 aliphatic rings. The summed E-state index contributed by atoms with van der Waals surface area (Å²) in [5.74, 6) is -0.956. The Hall–Kier alpha value is -4.10. The molecule has 168 valence electrons. The number of halogens is 1. The van der Waals surface area contributed by atoms with E-state index < -0.39 is 24.4 Å². The molecular weight excluding hydrogens is 444 g/mol. The van der Waals surface area contributed by atoms with E-state index in [1.54, 1.807) is 48.5 Å². The molecule has 0 saturated heterocycles. The second-order valence-corrected chi connectivity index (χ2v) is 7.27. The van der Waals surface area contributed by atoms with Gasteiger partial charge in [-0.15, -0.1) is 0 Å². The molecule has 2 amide bonds. The number of ether oxygens (including phenoxy) is 2. The fourth-order valence-electron chi connectivity index (χ4n) is 2.75. The zero-order chi connectivity index (χ0) is 23.6. The number of para-hydroxylation sites is 1. The molecule has 0 saturated carbocycles. The highest BCUT2D eigenvalue weighted by atomic mass is 35.5. The van der Waals surface area contributed by atoms with Crippen LogP contribution in [0.4, 0.5) is 5.69 Å². The Labute approximate surface area is 196 Å². The number of hydrogen-bond donors (Lipinski definition) is 2. The summed E-state index contributed by atoms with van der Waals surface area (Å²) in [6.45, 7) is 0.689. The fourth-order valence-corrected chi connectivity index (χ4v) is 2.92. The van der Waals surface area contributed by atoms with E-state index >= 15 is 0 Å². The second kappa shape index (κ2) is 11.5. The van der Waals surface area contributed by atoms with Gasteiger partial charge in [-0.3, -0.25) is 9.59 Å². The summed E-state index contributed by atoms with van der Waals surface area (Å²) in [5.41, 5.74) is 0.913. The maximum atomic E-state index is 12.5. The van der Waals surface area contributed by atoms with Gasteiger partial charge in [0, 0.05) is 11.9 Å². The van der Waals surface area contributed by atoms with Gasteiger partial charge in [0.15, 0.2) is 12.4 Å². The van der Waals surface area contributed by atoms with Crippen LogP contribution in [-0.2, 0) is 19.1 Å². The molecule has 0 aliphatic heterocycles. The Bertz CT molecular complexity index is 1160. The Morgan fingerprint density at radius 2 is 1.61 bits per heavy atom. The van der Waals surface area contributed by atoms with Gasteiger partial charge in [0.2, 0.25) is 5.91 Å². The van der Waals surface area contributed by atoms with Crippen molar-refractivity contribution in [3.05, 3.63) is 95.1 Å². The molecule has 0 spiro atoms. The van der Waals surface area contributed by atoms with E-state index in [0.29, 0.717) is 27.8 Å². The highest BCUT2D eigenvalue weighted by molar-refractivity contribution is 6.31. The van der Waals surface area contributed by atoms with E-state index in [0.717, 1.165) is 0 Å². The monoisotopic (exact) mass is 464 g/mol. The van der Waals surface area contributed by atoms with E-state index in [1.165, 1.54) is 19.1 Å². The van der Waals surface area contributed by atoms with Crippen molar-refractivity contribution in [2.45, 2.75) is 6.92 Å². The van der Waals surface area contributed by atoms with Gasteiger partial charge < -0.3 is 20.1 Å². The molecule has 33 heavy (non-hydrogen) atoms. The lowest BCUT2D eigenvalue weighted by atomic mass is 10.2. The predicted molar refractivity (Wildman–Crippen MR) is 126 cm³/mol. The van der Waals surface area contributed by atoms with Crippen LogP contribution in [0.25, 0.3) is 6.08 Å². The highest BCUT2D eigenvalue weighted by Gasteiger charge is 2.16. The lowest BCUT2D eigenvalue weighted by Gasteiger charge is -2.13. The number of hydrogen-bond acceptors (Lipinski definition) is 5. The van der Waals surface area contributed by atoms with Gasteiger partial charge in [-0.05, 0) is 42.0 Å². The van der Waals surface area contributed by atoms with Crippen LogP contribution in [0.15, 0.2) is 84.6 Å². The normalized spacial score (nSPS) is 10.8. The number of carbonyl (C=O) groups excluding carboxylic acids is 3. The number of benzene rings is 3. The average molecular weight is 465 g/mol. The minimum absolute atomic E-state index is 0.0858. The van der Waals surface area contributed by atoms with Crippen LogP contribution in [0.3, 0.4) is 0 Å². The highest BCUT2D eigenvalue weighted by Crippen LogP contribution is 2.32. The molecule has 0 radical (unpaired) electrons. The molecular formula is C25H21ClN2O5. The Morgan fingerprint density at radius 3 is 2.27 bits per heavy atom. The number of esters is 1. The molecule has 8 heteroatoms. The average Bonchev–Trinajstić information content (AvgIpc) is 2.80. The van der Waals surface area contributed by atoms with E-state index in [9.17, 15) is 14.4 Å². The molecule has 0 heterocycles. The Kier molecular flexibility index (Phi) is 8.21. The smallest absolute Gasteiger partial charge is 0.355 e. The first-order valence-electron chi connectivity index (χ1n) is 9.94. The summed E-state index contributed by atoms with van der Waals surface area (Å²) in [6, 6.07) is 22.7. The summed E-state index contributed by atoms with van der Waals surface area (Å²) in [5, 5.41) is 5.44. The van der Waals surface area contributed by atoms with Gasteiger partial charge in [0.25, 0.3) is 5.91 Å². The summed E-state index contributed by atoms with van der Waals surface area (Å²) < 4.78 is 10.9. The summed E-state index contributed by atoms with van der Waals surface area (Å²) >= 11 is 6.06. The predicted octanol–water partition coefficient (Wildman–Crippen LogP) is 4.79. The first-order valence-corrected chi connectivity index (χ1v) is 10.3. The van der Waals surface area contributed by atoms with Crippen molar-refractivity contribution in [3.63, 3.8) is 0 Å². The van der Waals surface area contributed by atoms with Crippen molar-refractivity contribution < 1.29 is 23.9 Å². The largest absolute Gasteiger partial charge is 0.455 e. The van der Waals surface area contributed by atoms with E-state index in [1.807, 2.05) is 24.3 Å². The number of carbonyl (C=O) groups is 3. The van der Waals surface area contributed by atoms with Crippen molar-refractivity contribution in [1.29, 1.82) is 0 Å². The lowest BCUT2D eigenvalue weighted by Crippen LogP contribution is -2.29. The van der Waals surface area contributed by atoms with Gasteiger partial charge in [-0.25, -0.2) is 4.79 Å². The van der Waals surface area contributed by atoms with Crippen molar-refractivity contribution in [2.24, 2.45) is 0 Å². The number of anilines is 1. The maximum Gasteiger partial charge on any atom is 0.355 e. The molecule has 0 bridgehead atoms. The number of rotatable bonds is 8. The van der Waals surface area contributed by atoms with Crippen LogP contribution >= 0.6 is 11.6 Å². The molecule has 3 aromatic carbocycles. The zero-order valence-corrected chi connectivity index (χ0v) is 18.5. The van der Waals surface area contributed by atoms with Gasteiger partial charge in [-0.2, -0.15) is 0 Å². The fraction of sp³-hybridized carbons (Fsp3) is 0.0800. The first-order chi connectivity index (χ1) is 15.9. The van der Waals surface area contributed by atoms with E-state index in [4.69, 9.17) is 21.1 Å². The Balaban J connectivity index is 1.67. The zero-order valence-electron chi connectivity index (χ0n) is 17.7. The van der Waals surface area contributed by atoms with Gasteiger partial charge in [-0.1, -0.05) is 60.1 Å². The lowest BCUT2D eigenvalue weighted by molar-refractivity contribution is -0.144. The van der Waals surface area contributed by atoms with Crippen molar-refractivity contribution in [2.75, 3.05) is 11.9 Å². The first kappa shape index (κ1) is 23.6. The third kappa shape index (κ3) is 7.52. The molecule has 0 fully saturated rings. The minimum Gasteiger partial charge on any atom is -0.455 e. The van der Waals surface area contributed by atoms with Crippen molar-refractivity contribution in [1.82, 2.24) is 5.32 Å². The second-order valence-electron chi connectivity index (χ2n) is 6.83. The van der Waals surface area contributed by atoms with Crippen LogP contribution in [0.1, 0.15) is 12.5 Å². The standard InChI is InChI=1S/C25H21ClN2O5/c1-17(29)27-22(14-18-8-4-2-5-9-18)25(31)32-16-24(30)28-21-15-19(26)12-13-23(21)33-20-10-6-3-7-11-20/h2-15H,16H2,1H3,(H,27,29)(H,28,30)/b22-14-. The van der Waals surface area contributed by atoms with Crippen LogP contribution in [-0.4, -0.2) is 24.4 Å². The van der Waals surface area contributed by atoms with Crippen molar-refractivity contribution in [3.8, 4) is 11.5 Å². The van der Waals surface area contributed by atoms with Crippen LogP contribution in [0, 0.1) is 0 Å². The molecule has 0 aliphatic carbocycles. The third-order valence-electron chi connectivity index (χ3n) is 4.16. The molecule has 7 nitrogen and oxygen atoms in total. The summed E-state index contributed by atoms with van der Waals surface area (Å²) in [6.07, 6.45) is 1.46. The topological polar surface area (TPSA) is 93.7 Å². The van der Waals surface area contributed by atoms with E-state index in [-0.39, 0.29) is 5.70 Å². The third-order valence-corrected chi connectivity index (χ3v) is 4.40. The number of amides is 2. The summed E-state index contributed by atoms with van der Waals surface area (Å²) in [7, 11) is 0. The van der Waals surface area contributed by atoms with Gasteiger partial charge in [0.1, 0.15) is 11.4 Å². The van der Waals surface area contributed by atoms with Crippen molar-refractivity contribution >= 4 is 41.1 Å². The van der Waals surface area contributed by atoms with Gasteiger partial charge >= 0.3 is 5.97 Å². The Morgan fingerprint density at radius 1 is 0.939 bits per heavy atom. The minimum atomic E-state index is -0.851. The molecule has 2 N–H and O–H groups in total. The maximum absolute atomic E-state index is 12.5. The number of nitrogens with one attached hydrogen (secondary N) is 2. The van der Waals surface area contributed by atoms with Gasteiger partial charge in [0.05, 0.1) is 5.69 Å². The van der Waals surface area contributed by atoms with Crippen LogP contribution in [0.5, 0.6) is 11.5 Å². The molecule has 3 aromatic rings. The SMILES string of the molecule is CC(=O)N/C(=C\c1ccccc1)C(=O)OCC(=O)Nc1cc(Cl)ccc1Oc1ccccc1. The molecule has 0 aromatic heterocycles. The van der Waals surface area contributed by atoms with E-state index in [2.05, 4.69) is 10.6 Å². The molecule has 3 rings (SSSR count). The molecule has 0 atom stereocenters. The summed E-state index contributed by atoms with van der Waals surface area (Å²) in [4.78, 5) is 36.4. The van der Waals surface area contributed by atoms with Crippen LogP contribution < -0.4 is 15.4 Å². The molecule has 0 unspecified atom stereocenters. The quantitative estimate of drug-likeness (QED) is 0.369. The van der Waals surface area contributed by atoms with Crippen LogP contribution in [0.2, 0.25) is 5.02 Å².